The summed E-state index contributed by atoms with van der Waals surface area (Å²) in [6, 6.07) is 6.51. The van der Waals surface area contributed by atoms with Gasteiger partial charge in [-0.15, -0.1) is 0 Å². The molecule has 5 nitrogen and oxygen atoms in total. The van der Waals surface area contributed by atoms with Gasteiger partial charge < -0.3 is 15.2 Å². The number of hydrogen-bond acceptors (Lipinski definition) is 4. The highest BCUT2D eigenvalue weighted by atomic mass is 19.4. The monoisotopic (exact) mass is 558 g/mol. The first-order chi connectivity index (χ1) is 18.3. The lowest BCUT2D eigenvalue weighted by molar-refractivity contribution is -0.143. The van der Waals surface area contributed by atoms with Crippen molar-refractivity contribution in [2.45, 2.75) is 64.0 Å². The number of methoxy groups -OCH3 is 1. The number of nitrogens with zero attached hydrogens (tertiary/aromatic N) is 1. The quantitative estimate of drug-likeness (QED) is 0.362. The van der Waals surface area contributed by atoms with E-state index in [-0.39, 0.29) is 23.3 Å². The number of aromatic hydroxyl groups is 1. The minimum Gasteiger partial charge on any atom is -0.504 e. The average molecular weight is 559 g/mol. The van der Waals surface area contributed by atoms with Crippen LogP contribution >= 0.6 is 0 Å². The number of rotatable bonds is 8. The van der Waals surface area contributed by atoms with Crippen molar-refractivity contribution < 1.29 is 41.0 Å². The standard InChI is InChI=1S/C28H32F6N2O3/c1-39-24-13-19(5-6-23(24)37)17-36-9-7-26(8-10-36,15-18-3-2-4-18)25(38)35-16-20-11-21(27(29,30)31)14-22(12-20)28(32,33)34/h5-6,11-14,18,37H,2-4,7-10,15-17H2,1H3,(H,35,38). The third kappa shape index (κ3) is 6.98. The summed E-state index contributed by atoms with van der Waals surface area (Å²) in [6.07, 6.45) is -5.08. The van der Waals surface area contributed by atoms with Crippen molar-refractivity contribution in [3.05, 3.63) is 58.7 Å². The predicted molar refractivity (Wildman–Crippen MR) is 132 cm³/mol. The maximum absolute atomic E-state index is 13.5. The number of halogens is 6. The normalized spacial score (nSPS) is 18.4. The second-order valence-electron chi connectivity index (χ2n) is 10.7. The zero-order valence-electron chi connectivity index (χ0n) is 21.6. The average Bonchev–Trinajstić information content (AvgIpc) is 2.85. The van der Waals surface area contributed by atoms with Crippen molar-refractivity contribution in [2.75, 3.05) is 20.2 Å². The molecule has 0 bridgehead atoms. The number of nitrogens with one attached hydrogen (secondary N) is 1. The maximum atomic E-state index is 13.5. The Balaban J connectivity index is 1.46. The summed E-state index contributed by atoms with van der Waals surface area (Å²) in [5.74, 6) is 0.464. The molecule has 2 aromatic rings. The van der Waals surface area contributed by atoms with E-state index in [1.54, 1.807) is 18.2 Å². The molecule has 0 aromatic heterocycles. The van der Waals surface area contributed by atoms with Gasteiger partial charge in [-0.05, 0) is 79.7 Å². The van der Waals surface area contributed by atoms with Crippen LogP contribution in [-0.2, 0) is 30.2 Å². The molecule has 0 unspecified atom stereocenters. The molecule has 2 N–H and O–H groups in total. The summed E-state index contributed by atoms with van der Waals surface area (Å²) in [7, 11) is 1.47. The molecule has 1 saturated heterocycles. The van der Waals surface area contributed by atoms with E-state index in [1.807, 2.05) is 0 Å². The first kappa shape index (κ1) is 29.0. The molecular weight excluding hydrogens is 526 g/mol. The zero-order chi connectivity index (χ0) is 28.4. The van der Waals surface area contributed by atoms with Crippen molar-refractivity contribution in [2.24, 2.45) is 11.3 Å². The van der Waals surface area contributed by atoms with Gasteiger partial charge in [-0.1, -0.05) is 25.3 Å². The number of ether oxygens (including phenoxy) is 1. The van der Waals surface area contributed by atoms with Crippen LogP contribution in [-0.4, -0.2) is 36.1 Å². The van der Waals surface area contributed by atoms with E-state index in [0.29, 0.717) is 62.7 Å². The zero-order valence-corrected chi connectivity index (χ0v) is 21.6. The molecule has 0 spiro atoms. The lowest BCUT2D eigenvalue weighted by Gasteiger charge is -2.44. The Hall–Kier alpha value is -2.95. The summed E-state index contributed by atoms with van der Waals surface area (Å²) in [5.41, 5.74) is -2.84. The molecule has 1 amide bonds. The minimum atomic E-state index is -4.94. The molecule has 1 aliphatic heterocycles. The van der Waals surface area contributed by atoms with Gasteiger partial charge in [0.1, 0.15) is 0 Å². The number of piperidine rings is 1. The highest BCUT2D eigenvalue weighted by Gasteiger charge is 2.44. The molecule has 1 heterocycles. The van der Waals surface area contributed by atoms with Crippen LogP contribution in [0.3, 0.4) is 0 Å². The van der Waals surface area contributed by atoms with Crippen molar-refractivity contribution >= 4 is 5.91 Å². The summed E-state index contributed by atoms with van der Waals surface area (Å²) >= 11 is 0. The topological polar surface area (TPSA) is 61.8 Å². The van der Waals surface area contributed by atoms with Crippen LogP contribution in [0.2, 0.25) is 0 Å². The summed E-state index contributed by atoms with van der Waals surface area (Å²) < 4.78 is 84.7. The Morgan fingerprint density at radius 2 is 1.62 bits per heavy atom. The minimum absolute atomic E-state index is 0.0409. The van der Waals surface area contributed by atoms with Gasteiger partial charge in [-0.3, -0.25) is 9.69 Å². The fourth-order valence-electron chi connectivity index (χ4n) is 5.48. The Kier molecular flexibility index (Phi) is 8.39. The van der Waals surface area contributed by atoms with Gasteiger partial charge in [0.25, 0.3) is 0 Å². The van der Waals surface area contributed by atoms with Gasteiger partial charge in [0.15, 0.2) is 11.5 Å². The van der Waals surface area contributed by atoms with Gasteiger partial charge in [-0.2, -0.15) is 26.3 Å². The SMILES string of the molecule is COc1cc(CN2CCC(CC3CCC3)(C(=O)NCc3cc(C(F)(F)F)cc(C(F)(F)F)c3)CC2)ccc1O. The van der Waals surface area contributed by atoms with E-state index in [4.69, 9.17) is 4.74 Å². The van der Waals surface area contributed by atoms with Crippen LogP contribution in [0.1, 0.15) is 60.8 Å². The van der Waals surface area contributed by atoms with Crippen LogP contribution < -0.4 is 10.1 Å². The lowest BCUT2D eigenvalue weighted by Crippen LogP contribution is -2.49. The largest absolute Gasteiger partial charge is 0.504 e. The Labute approximate surface area is 223 Å². The highest BCUT2D eigenvalue weighted by Crippen LogP contribution is 2.44. The molecule has 2 aliphatic rings. The van der Waals surface area contributed by atoms with Gasteiger partial charge in [0, 0.05) is 13.1 Å². The highest BCUT2D eigenvalue weighted by molar-refractivity contribution is 5.82. The third-order valence-corrected chi connectivity index (χ3v) is 7.95. The summed E-state index contributed by atoms with van der Waals surface area (Å²) in [6.45, 7) is 1.37. The molecule has 0 atom stereocenters. The van der Waals surface area contributed by atoms with Gasteiger partial charge in [-0.25, -0.2) is 0 Å². The Bertz CT molecular complexity index is 1140. The Morgan fingerprint density at radius 3 is 2.13 bits per heavy atom. The molecule has 1 saturated carbocycles. The first-order valence-corrected chi connectivity index (χ1v) is 12.9. The van der Waals surface area contributed by atoms with Crippen LogP contribution in [0.5, 0.6) is 11.5 Å². The predicted octanol–water partition coefficient (Wildman–Crippen LogP) is 6.53. The number of hydrogen-bond donors (Lipinski definition) is 2. The molecule has 39 heavy (non-hydrogen) atoms. The fraction of sp³-hybridized carbons (Fsp3) is 0.536. The first-order valence-electron chi connectivity index (χ1n) is 12.9. The van der Waals surface area contributed by atoms with Gasteiger partial charge in [0.2, 0.25) is 5.91 Å². The van der Waals surface area contributed by atoms with Crippen molar-refractivity contribution in [1.82, 2.24) is 10.2 Å². The van der Waals surface area contributed by atoms with E-state index in [0.717, 1.165) is 24.8 Å². The number of phenolic OH excluding ortho intramolecular Hbond substituents is 1. The van der Waals surface area contributed by atoms with Crippen LogP contribution in [0.25, 0.3) is 0 Å². The maximum Gasteiger partial charge on any atom is 0.416 e. The van der Waals surface area contributed by atoms with E-state index in [9.17, 15) is 36.2 Å². The number of carbonyl (C=O) groups is 1. The van der Waals surface area contributed by atoms with Crippen LogP contribution in [0.4, 0.5) is 26.3 Å². The lowest BCUT2D eigenvalue weighted by atomic mass is 9.66. The number of benzene rings is 2. The number of amides is 1. The number of alkyl halides is 6. The molecule has 1 aliphatic carbocycles. The number of carbonyl (C=O) groups excluding carboxylic acids is 1. The van der Waals surface area contributed by atoms with Crippen molar-refractivity contribution in [1.29, 1.82) is 0 Å². The van der Waals surface area contributed by atoms with Crippen LogP contribution in [0.15, 0.2) is 36.4 Å². The Morgan fingerprint density at radius 1 is 1.00 bits per heavy atom. The summed E-state index contributed by atoms with van der Waals surface area (Å²) in [5, 5.41) is 12.5. The molecular formula is C28H32F6N2O3. The van der Waals surface area contributed by atoms with Crippen molar-refractivity contribution in [3.63, 3.8) is 0 Å². The molecule has 2 aromatic carbocycles. The van der Waals surface area contributed by atoms with E-state index in [2.05, 4.69) is 10.2 Å². The fourth-order valence-corrected chi connectivity index (χ4v) is 5.48. The number of phenols is 1. The van der Waals surface area contributed by atoms with E-state index in [1.165, 1.54) is 7.11 Å². The second-order valence-corrected chi connectivity index (χ2v) is 10.7. The molecule has 11 heteroatoms. The van der Waals surface area contributed by atoms with E-state index < -0.39 is 35.4 Å². The smallest absolute Gasteiger partial charge is 0.416 e. The van der Waals surface area contributed by atoms with Crippen LogP contribution in [0, 0.1) is 11.3 Å². The summed E-state index contributed by atoms with van der Waals surface area (Å²) in [4.78, 5) is 15.7. The number of likely N-dealkylation sites (tertiary alicyclic amines) is 1. The molecule has 4 rings (SSSR count). The molecule has 214 valence electrons. The van der Waals surface area contributed by atoms with Gasteiger partial charge >= 0.3 is 12.4 Å². The van der Waals surface area contributed by atoms with Crippen molar-refractivity contribution in [3.8, 4) is 11.5 Å². The molecule has 0 radical (unpaired) electrons. The molecule has 2 fully saturated rings. The third-order valence-electron chi connectivity index (χ3n) is 7.95. The van der Waals surface area contributed by atoms with Gasteiger partial charge in [0.05, 0.1) is 23.7 Å². The van der Waals surface area contributed by atoms with E-state index >= 15 is 0 Å². The second kappa shape index (κ2) is 11.3.